The first kappa shape index (κ1) is 16.0. The van der Waals surface area contributed by atoms with Crippen molar-refractivity contribution < 1.29 is 20.1 Å². The van der Waals surface area contributed by atoms with Gasteiger partial charge < -0.3 is 31.1 Å². The third-order valence-electron chi connectivity index (χ3n) is 3.25. The summed E-state index contributed by atoms with van der Waals surface area (Å²) in [7, 11) is 1.55. The number of aliphatic hydroxyl groups is 3. The van der Waals surface area contributed by atoms with Crippen molar-refractivity contribution in [1.82, 2.24) is 9.55 Å². The summed E-state index contributed by atoms with van der Waals surface area (Å²) in [5, 5.41) is 32.0. The fourth-order valence-electron chi connectivity index (χ4n) is 1.96. The van der Waals surface area contributed by atoms with Crippen molar-refractivity contribution >= 4 is 23.3 Å². The van der Waals surface area contributed by atoms with E-state index in [0.29, 0.717) is 5.16 Å². The maximum Gasteiger partial charge on any atom is 0.279 e. The molecule has 2 heterocycles. The maximum atomic E-state index is 12.0. The topological polar surface area (TPSA) is 143 Å². The number of thioether (sulfide) groups is 1. The Labute approximate surface area is 124 Å². The zero-order valence-corrected chi connectivity index (χ0v) is 12.4. The average molecular weight is 318 g/mol. The molecule has 0 unspecified atom stereocenters. The first-order valence-electron chi connectivity index (χ1n) is 6.19. The third kappa shape index (κ3) is 2.99. The predicted octanol–water partition coefficient (Wildman–Crippen LogP) is -2.06. The largest absolute Gasteiger partial charge is 0.391 e. The van der Waals surface area contributed by atoms with Gasteiger partial charge in [-0.05, 0) is 6.26 Å². The lowest BCUT2D eigenvalue weighted by Gasteiger charge is -2.35. The summed E-state index contributed by atoms with van der Waals surface area (Å²) in [6.07, 6.45) is -3.18. The number of nitrogens with zero attached hydrogens (tertiary/aromatic N) is 2. The van der Waals surface area contributed by atoms with Gasteiger partial charge in [0.25, 0.3) is 5.56 Å². The van der Waals surface area contributed by atoms with Crippen LogP contribution < -0.4 is 16.6 Å². The second-order valence-electron chi connectivity index (χ2n) is 4.67. The first-order valence-corrected chi connectivity index (χ1v) is 7.42. The molecule has 0 aliphatic carbocycles. The Morgan fingerprint density at radius 3 is 2.71 bits per heavy atom. The van der Waals surface area contributed by atoms with E-state index >= 15 is 0 Å². The summed E-state index contributed by atoms with van der Waals surface area (Å²) >= 11 is 1.26. The van der Waals surface area contributed by atoms with Gasteiger partial charge in [0.1, 0.15) is 24.0 Å². The number of hydrogen-bond acceptors (Lipinski definition) is 9. The van der Waals surface area contributed by atoms with E-state index in [4.69, 9.17) is 10.5 Å². The lowest BCUT2D eigenvalue weighted by molar-refractivity contribution is -0.178. The van der Waals surface area contributed by atoms with E-state index in [1.165, 1.54) is 16.3 Å². The Balaban J connectivity index is 2.28. The molecule has 118 valence electrons. The van der Waals surface area contributed by atoms with Crippen molar-refractivity contribution in [2.75, 3.05) is 23.9 Å². The summed E-state index contributed by atoms with van der Waals surface area (Å²) in [5.41, 5.74) is 5.17. The Bertz CT molecular complexity index is 580. The van der Waals surface area contributed by atoms with Gasteiger partial charge in [-0.1, -0.05) is 11.8 Å². The summed E-state index contributed by atoms with van der Waals surface area (Å²) in [4.78, 5) is 16.1. The fourth-order valence-corrected chi connectivity index (χ4v) is 2.50. The molecule has 1 aromatic heterocycles. The van der Waals surface area contributed by atoms with Crippen LogP contribution in [0.3, 0.4) is 0 Å². The summed E-state index contributed by atoms with van der Waals surface area (Å²) < 4.78 is 6.50. The lowest BCUT2D eigenvalue weighted by Crippen LogP contribution is -2.55. The van der Waals surface area contributed by atoms with E-state index in [0.717, 1.165) is 0 Å². The molecule has 0 spiro atoms. The number of hydrogen-bond donors (Lipinski definition) is 5. The highest BCUT2D eigenvalue weighted by molar-refractivity contribution is 7.98. The zero-order chi connectivity index (χ0) is 15.7. The van der Waals surface area contributed by atoms with Gasteiger partial charge in [0.15, 0.2) is 17.2 Å². The monoisotopic (exact) mass is 318 g/mol. The Morgan fingerprint density at radius 1 is 1.43 bits per heavy atom. The molecule has 9 nitrogen and oxygen atoms in total. The molecule has 21 heavy (non-hydrogen) atoms. The number of ether oxygens (including phenoxy) is 1. The molecule has 1 aliphatic heterocycles. The van der Waals surface area contributed by atoms with Crippen molar-refractivity contribution in [3.63, 3.8) is 0 Å². The number of rotatable bonds is 3. The smallest absolute Gasteiger partial charge is 0.279 e. The molecular weight excluding hydrogens is 300 g/mol. The molecule has 0 bridgehead atoms. The first-order chi connectivity index (χ1) is 9.86. The van der Waals surface area contributed by atoms with Gasteiger partial charge in [-0.25, -0.2) is 4.98 Å². The van der Waals surface area contributed by atoms with Crippen LogP contribution in [0.1, 0.15) is 0 Å². The van der Waals surface area contributed by atoms with Crippen LogP contribution in [0.2, 0.25) is 0 Å². The standard InChI is InChI=1S/C11H18N4O5S/c1-15-10(19)5(12)8(14-11(15)21-2)13-9-7(18)6(17)4(16)3-20-9/h4,6-7,9,13,16-18H,3,12H2,1-2H3/t4-,6-,7-,9+/m1/s1. The van der Waals surface area contributed by atoms with Gasteiger partial charge in [0.05, 0.1) is 6.61 Å². The summed E-state index contributed by atoms with van der Waals surface area (Å²) in [5.74, 6) is 0.0649. The molecule has 1 aliphatic rings. The number of aromatic nitrogens is 2. The summed E-state index contributed by atoms with van der Waals surface area (Å²) in [6.45, 7) is -0.157. The van der Waals surface area contributed by atoms with E-state index < -0.39 is 30.1 Å². The molecule has 2 rings (SSSR count). The van der Waals surface area contributed by atoms with E-state index in [-0.39, 0.29) is 18.1 Å². The van der Waals surface area contributed by atoms with Crippen molar-refractivity contribution in [2.24, 2.45) is 7.05 Å². The van der Waals surface area contributed by atoms with Crippen LogP contribution in [0.5, 0.6) is 0 Å². The van der Waals surface area contributed by atoms with Crippen LogP contribution in [0.15, 0.2) is 9.95 Å². The molecule has 1 saturated heterocycles. The number of nitrogens with one attached hydrogen (secondary N) is 1. The highest BCUT2D eigenvalue weighted by atomic mass is 32.2. The second-order valence-corrected chi connectivity index (χ2v) is 5.45. The molecule has 10 heteroatoms. The van der Waals surface area contributed by atoms with Crippen molar-refractivity contribution in [2.45, 2.75) is 29.7 Å². The normalized spacial score (nSPS) is 29.4. The SMILES string of the molecule is CSc1nc(N[C@H]2OC[C@@H](O)[C@@H](O)[C@H]2O)c(N)c(=O)n1C. The highest BCUT2D eigenvalue weighted by Crippen LogP contribution is 2.21. The molecule has 0 saturated carbocycles. The van der Waals surface area contributed by atoms with Crippen LogP contribution >= 0.6 is 11.8 Å². The molecule has 6 N–H and O–H groups in total. The van der Waals surface area contributed by atoms with Crippen molar-refractivity contribution in [3.05, 3.63) is 10.4 Å². The minimum Gasteiger partial charge on any atom is -0.391 e. The minimum absolute atomic E-state index is 0.0649. The average Bonchev–Trinajstić information content (AvgIpc) is 2.48. The molecule has 0 amide bonds. The van der Waals surface area contributed by atoms with E-state index in [1.54, 1.807) is 13.3 Å². The fraction of sp³-hybridized carbons (Fsp3) is 0.636. The molecule has 0 aromatic carbocycles. The number of nitrogens with two attached hydrogens (primary N) is 1. The lowest BCUT2D eigenvalue weighted by atomic mass is 10.0. The van der Waals surface area contributed by atoms with Crippen LogP contribution in [-0.4, -0.2) is 62.3 Å². The van der Waals surface area contributed by atoms with Crippen LogP contribution in [-0.2, 0) is 11.8 Å². The zero-order valence-electron chi connectivity index (χ0n) is 11.6. The summed E-state index contributed by atoms with van der Waals surface area (Å²) in [6, 6.07) is 0. The molecule has 4 atom stereocenters. The van der Waals surface area contributed by atoms with Gasteiger partial charge in [-0.15, -0.1) is 0 Å². The van der Waals surface area contributed by atoms with E-state index in [1.807, 2.05) is 0 Å². The second kappa shape index (κ2) is 6.20. The van der Waals surface area contributed by atoms with Gasteiger partial charge in [-0.2, -0.15) is 0 Å². The number of anilines is 2. The Kier molecular flexibility index (Phi) is 4.74. The molecule has 0 radical (unpaired) electrons. The van der Waals surface area contributed by atoms with Gasteiger partial charge in [0, 0.05) is 7.05 Å². The Hall–Kier alpha value is -1.33. The predicted molar refractivity (Wildman–Crippen MR) is 77.1 cm³/mol. The minimum atomic E-state index is -1.38. The van der Waals surface area contributed by atoms with Crippen LogP contribution in [0.25, 0.3) is 0 Å². The quantitative estimate of drug-likeness (QED) is 0.314. The van der Waals surface area contributed by atoms with Crippen LogP contribution in [0, 0.1) is 0 Å². The molecular formula is C11H18N4O5S. The van der Waals surface area contributed by atoms with Gasteiger partial charge in [0.2, 0.25) is 0 Å². The van der Waals surface area contributed by atoms with Crippen molar-refractivity contribution in [3.8, 4) is 0 Å². The number of aliphatic hydroxyl groups excluding tert-OH is 3. The number of nitrogen functional groups attached to an aromatic ring is 1. The van der Waals surface area contributed by atoms with Gasteiger partial charge >= 0.3 is 0 Å². The highest BCUT2D eigenvalue weighted by Gasteiger charge is 2.38. The maximum absolute atomic E-state index is 12.0. The van der Waals surface area contributed by atoms with E-state index in [9.17, 15) is 20.1 Å². The molecule has 1 aromatic rings. The van der Waals surface area contributed by atoms with E-state index in [2.05, 4.69) is 10.3 Å². The molecule has 1 fully saturated rings. The Morgan fingerprint density at radius 2 is 2.10 bits per heavy atom. The van der Waals surface area contributed by atoms with Crippen molar-refractivity contribution in [1.29, 1.82) is 0 Å². The third-order valence-corrected chi connectivity index (χ3v) is 3.98. The van der Waals surface area contributed by atoms with Gasteiger partial charge in [-0.3, -0.25) is 9.36 Å². The van der Waals surface area contributed by atoms with Crippen LogP contribution in [0.4, 0.5) is 11.5 Å².